The second kappa shape index (κ2) is 3.02. The Kier molecular flexibility index (Phi) is 1.68. The first-order valence-corrected chi connectivity index (χ1v) is 4.94. The number of allylic oxidation sites excluding steroid dienone is 1. The molecule has 3 rings (SSSR count). The monoisotopic (exact) mass is 195 g/mol. The van der Waals surface area contributed by atoms with E-state index in [-0.39, 0.29) is 5.78 Å². The van der Waals surface area contributed by atoms with E-state index in [0.717, 1.165) is 22.4 Å². The summed E-state index contributed by atoms with van der Waals surface area (Å²) in [6.07, 6.45) is 6.16. The number of rotatable bonds is 0. The van der Waals surface area contributed by atoms with E-state index in [4.69, 9.17) is 0 Å². The Morgan fingerprint density at radius 1 is 1.27 bits per heavy atom. The maximum atomic E-state index is 11.8. The van der Waals surface area contributed by atoms with Gasteiger partial charge in [-0.2, -0.15) is 0 Å². The third-order valence-electron chi connectivity index (χ3n) is 2.68. The second-order valence-corrected chi connectivity index (χ2v) is 3.63. The first kappa shape index (κ1) is 8.36. The molecule has 3 aliphatic rings. The van der Waals surface area contributed by atoms with Crippen LogP contribution in [0.5, 0.6) is 0 Å². The van der Waals surface area contributed by atoms with Gasteiger partial charge in [-0.3, -0.25) is 9.78 Å². The number of hydrogen-bond donors (Lipinski definition) is 0. The normalized spacial score (nSPS) is 14.3. The van der Waals surface area contributed by atoms with Crippen molar-refractivity contribution in [2.45, 2.75) is 6.42 Å². The van der Waals surface area contributed by atoms with Crippen LogP contribution in [0.25, 0.3) is 17.3 Å². The Morgan fingerprint density at radius 3 is 3.13 bits per heavy atom. The Bertz CT molecular complexity index is 542. The number of aromatic nitrogens is 1. The molecule has 0 radical (unpaired) electrons. The summed E-state index contributed by atoms with van der Waals surface area (Å²) in [4.78, 5) is 16.1. The molecule has 0 spiro atoms. The molecule has 0 unspecified atom stereocenters. The van der Waals surface area contributed by atoms with E-state index in [1.54, 1.807) is 6.20 Å². The average molecular weight is 195 g/mol. The van der Waals surface area contributed by atoms with Crippen molar-refractivity contribution in [3.63, 3.8) is 0 Å². The summed E-state index contributed by atoms with van der Waals surface area (Å²) in [5.41, 5.74) is 3.69. The maximum absolute atomic E-state index is 11.8. The lowest BCUT2D eigenvalue weighted by atomic mass is 9.98. The summed E-state index contributed by atoms with van der Waals surface area (Å²) in [5, 5.41) is 0. The number of nitrogens with zero attached hydrogens (tertiary/aromatic N) is 1. The van der Waals surface area contributed by atoms with Gasteiger partial charge in [-0.15, -0.1) is 0 Å². The zero-order chi connectivity index (χ0) is 10.3. The zero-order valence-corrected chi connectivity index (χ0v) is 8.10. The zero-order valence-electron chi connectivity index (χ0n) is 8.10. The van der Waals surface area contributed by atoms with E-state index >= 15 is 0 Å². The van der Waals surface area contributed by atoms with Crippen LogP contribution >= 0.6 is 0 Å². The summed E-state index contributed by atoms with van der Waals surface area (Å²) < 4.78 is 0. The number of carbonyl (C=O) groups excluding carboxylic acids is 1. The van der Waals surface area contributed by atoms with Gasteiger partial charge in [0.2, 0.25) is 0 Å². The fraction of sp³-hybridized carbons (Fsp3) is 0.0769. The minimum atomic E-state index is 0.190. The summed E-state index contributed by atoms with van der Waals surface area (Å²) in [5.74, 6) is 0.190. The fourth-order valence-electron chi connectivity index (χ4n) is 2.02. The number of ketones is 1. The van der Waals surface area contributed by atoms with Crippen LogP contribution in [0, 0.1) is 0 Å². The van der Waals surface area contributed by atoms with Crippen molar-refractivity contribution in [1.29, 1.82) is 0 Å². The summed E-state index contributed by atoms with van der Waals surface area (Å²) in [6.45, 7) is 0. The predicted octanol–water partition coefficient (Wildman–Crippen LogP) is 2.79. The van der Waals surface area contributed by atoms with Crippen LogP contribution in [0.1, 0.15) is 22.3 Å². The Labute approximate surface area is 87.6 Å². The van der Waals surface area contributed by atoms with Gasteiger partial charge in [-0.25, -0.2) is 0 Å². The lowest BCUT2D eigenvalue weighted by Crippen LogP contribution is -2.01. The van der Waals surface area contributed by atoms with Crippen LogP contribution in [0.4, 0.5) is 0 Å². The third kappa shape index (κ3) is 1.18. The van der Waals surface area contributed by atoms with E-state index in [1.165, 1.54) is 0 Å². The molecule has 0 aromatic heterocycles. The molecule has 0 aromatic carbocycles. The Balaban J connectivity index is 2.38. The van der Waals surface area contributed by atoms with Gasteiger partial charge < -0.3 is 0 Å². The highest BCUT2D eigenvalue weighted by Crippen LogP contribution is 2.33. The van der Waals surface area contributed by atoms with Crippen molar-refractivity contribution in [3.05, 3.63) is 47.7 Å². The first-order chi connectivity index (χ1) is 7.36. The third-order valence-corrected chi connectivity index (χ3v) is 2.68. The standard InChI is InChI=1S/C13H9NO/c15-12-6-3-4-9-8-11-10(13(9)12)5-1-2-7-14-11/h1-5,7-8H,6H2. The molecule has 15 heavy (non-hydrogen) atoms. The van der Waals surface area contributed by atoms with Crippen LogP contribution < -0.4 is 0 Å². The molecule has 0 amide bonds. The molecule has 0 fully saturated rings. The van der Waals surface area contributed by atoms with Crippen molar-refractivity contribution >= 4 is 11.9 Å². The van der Waals surface area contributed by atoms with Crippen LogP contribution in [0.3, 0.4) is 0 Å². The van der Waals surface area contributed by atoms with E-state index in [2.05, 4.69) is 4.98 Å². The van der Waals surface area contributed by atoms with Gasteiger partial charge >= 0.3 is 0 Å². The molecule has 2 heteroatoms. The molecule has 0 saturated heterocycles. The van der Waals surface area contributed by atoms with E-state index in [9.17, 15) is 4.79 Å². The Hall–Kier alpha value is -1.96. The van der Waals surface area contributed by atoms with E-state index in [0.29, 0.717) is 6.42 Å². The molecule has 2 nitrogen and oxygen atoms in total. The van der Waals surface area contributed by atoms with Crippen LogP contribution in [-0.4, -0.2) is 10.8 Å². The average Bonchev–Trinajstić information content (AvgIpc) is 2.43. The van der Waals surface area contributed by atoms with Gasteiger partial charge in [0, 0.05) is 23.7 Å². The molecule has 0 saturated carbocycles. The first-order valence-electron chi connectivity index (χ1n) is 4.94. The van der Waals surface area contributed by atoms with Crippen molar-refractivity contribution in [2.75, 3.05) is 0 Å². The van der Waals surface area contributed by atoms with Crippen LogP contribution in [0.15, 0.2) is 36.5 Å². The molecule has 0 atom stereocenters. The maximum Gasteiger partial charge on any atom is 0.167 e. The smallest absolute Gasteiger partial charge is 0.167 e. The predicted molar refractivity (Wildman–Crippen MR) is 58.8 cm³/mol. The molecule has 1 aliphatic heterocycles. The number of hydrogen-bond acceptors (Lipinski definition) is 2. The van der Waals surface area contributed by atoms with Gasteiger partial charge in [0.05, 0.1) is 5.69 Å². The molecule has 0 bridgehead atoms. The quantitative estimate of drug-likeness (QED) is 0.647. The largest absolute Gasteiger partial charge is 0.294 e. The Morgan fingerprint density at radius 2 is 2.20 bits per heavy atom. The van der Waals surface area contributed by atoms with Crippen molar-refractivity contribution in [2.24, 2.45) is 0 Å². The molecule has 1 heterocycles. The molecular weight excluding hydrogens is 186 g/mol. The fourth-order valence-corrected chi connectivity index (χ4v) is 2.02. The topological polar surface area (TPSA) is 30.0 Å². The minimum absolute atomic E-state index is 0.190. The highest BCUT2D eigenvalue weighted by Gasteiger charge is 2.21. The van der Waals surface area contributed by atoms with Crippen molar-refractivity contribution < 1.29 is 4.79 Å². The minimum Gasteiger partial charge on any atom is -0.294 e. The SMILES string of the molecule is O=C1CC=Cc2cc3nccccc-3c21. The lowest BCUT2D eigenvalue weighted by Gasteiger charge is -2.04. The van der Waals surface area contributed by atoms with Gasteiger partial charge in [0.1, 0.15) is 0 Å². The number of carbonyl (C=O) groups is 1. The van der Waals surface area contributed by atoms with Crippen molar-refractivity contribution in [1.82, 2.24) is 4.98 Å². The van der Waals surface area contributed by atoms with Crippen molar-refractivity contribution in [3.8, 4) is 11.3 Å². The van der Waals surface area contributed by atoms with Gasteiger partial charge in [0.15, 0.2) is 5.78 Å². The summed E-state index contributed by atoms with van der Waals surface area (Å²) >= 11 is 0. The molecule has 0 N–H and O–H groups in total. The molecular formula is C13H9NO. The van der Waals surface area contributed by atoms with Crippen LogP contribution in [0.2, 0.25) is 0 Å². The summed E-state index contributed by atoms with van der Waals surface area (Å²) in [7, 11) is 0. The lowest BCUT2D eigenvalue weighted by molar-refractivity contribution is 0.0995. The summed E-state index contributed by atoms with van der Waals surface area (Å²) in [6, 6.07) is 7.72. The molecule has 72 valence electrons. The van der Waals surface area contributed by atoms with Crippen LogP contribution in [-0.2, 0) is 0 Å². The van der Waals surface area contributed by atoms with Gasteiger partial charge in [0.25, 0.3) is 0 Å². The van der Waals surface area contributed by atoms with Gasteiger partial charge in [-0.1, -0.05) is 24.3 Å². The molecule has 2 aliphatic carbocycles. The highest BCUT2D eigenvalue weighted by atomic mass is 16.1. The highest BCUT2D eigenvalue weighted by molar-refractivity contribution is 6.09. The number of fused-ring (bicyclic) bond motifs is 3. The van der Waals surface area contributed by atoms with Gasteiger partial charge in [-0.05, 0) is 17.7 Å². The van der Waals surface area contributed by atoms with E-state index < -0.39 is 0 Å². The number of Topliss-reactive ketones (excluding diaryl/α,β-unsaturated/α-hetero) is 1. The molecule has 0 aromatic rings. The second-order valence-electron chi connectivity index (χ2n) is 3.63. The van der Waals surface area contributed by atoms with E-state index in [1.807, 2.05) is 36.4 Å².